The van der Waals surface area contributed by atoms with Crippen molar-refractivity contribution in [1.82, 2.24) is 4.90 Å². The van der Waals surface area contributed by atoms with Crippen LogP contribution < -0.4 is 10.2 Å². The van der Waals surface area contributed by atoms with Crippen molar-refractivity contribution in [2.24, 2.45) is 5.92 Å². The van der Waals surface area contributed by atoms with E-state index in [0.717, 1.165) is 17.6 Å². The Morgan fingerprint density at radius 3 is 2.30 bits per heavy atom. The molecule has 0 radical (unpaired) electrons. The molecule has 1 aromatic heterocycles. The van der Waals surface area contributed by atoms with Gasteiger partial charge < -0.3 is 0 Å². The lowest BCUT2D eigenvalue weighted by Gasteiger charge is -2.37. The molecular weight excluding hydrogens is 460 g/mol. The molecule has 5 rings (SSSR count). The van der Waals surface area contributed by atoms with Crippen molar-refractivity contribution in [2.45, 2.75) is 32.2 Å². The summed E-state index contributed by atoms with van der Waals surface area (Å²) in [5, 5.41) is 0.508. The lowest BCUT2D eigenvalue weighted by molar-refractivity contribution is 0.0511. The fourth-order valence-electron chi connectivity index (χ4n) is 4.90. The van der Waals surface area contributed by atoms with Gasteiger partial charge in [0.25, 0.3) is 11.8 Å². The third-order valence-corrected chi connectivity index (χ3v) is 8.28. The topological polar surface area (TPSA) is 101 Å². The van der Waals surface area contributed by atoms with Gasteiger partial charge in [0.1, 0.15) is 0 Å². The van der Waals surface area contributed by atoms with Crippen molar-refractivity contribution in [1.29, 1.82) is 0 Å². The number of rotatable bonds is 4. The molecule has 1 aliphatic heterocycles. The normalized spacial score (nSPS) is 20.1. The Bertz CT molecular complexity index is 1460. The van der Waals surface area contributed by atoms with Gasteiger partial charge in [-0.15, -0.1) is 11.3 Å². The van der Waals surface area contributed by atoms with E-state index in [2.05, 4.69) is 4.72 Å². The van der Waals surface area contributed by atoms with Crippen LogP contribution in [0, 0.1) is 5.92 Å². The largest absolute Gasteiger partial charge is 0.289 e. The quantitative estimate of drug-likeness (QED) is 0.575. The van der Waals surface area contributed by atoms with E-state index < -0.39 is 10.0 Å². The van der Waals surface area contributed by atoms with E-state index in [1.807, 2.05) is 6.92 Å². The van der Waals surface area contributed by atoms with Gasteiger partial charge in [0, 0.05) is 32.3 Å². The van der Waals surface area contributed by atoms with Crippen molar-refractivity contribution in [3.63, 3.8) is 0 Å². The van der Waals surface area contributed by atoms with Crippen molar-refractivity contribution in [3.05, 3.63) is 74.3 Å². The molecule has 2 atom stereocenters. The number of carbonyl (C=O) groups is 2. The molecule has 0 bridgehead atoms. The van der Waals surface area contributed by atoms with Gasteiger partial charge in [0.2, 0.25) is 10.0 Å². The summed E-state index contributed by atoms with van der Waals surface area (Å²) < 4.78 is 26.3. The maximum Gasteiger partial charge on any atom is 0.261 e. The molecule has 0 fully saturated rings. The second-order valence-corrected chi connectivity index (χ2v) is 11.5. The Labute approximate surface area is 195 Å². The molecule has 2 aliphatic rings. The van der Waals surface area contributed by atoms with Crippen LogP contribution in [0.2, 0.25) is 0 Å². The van der Waals surface area contributed by atoms with Crippen LogP contribution in [0.3, 0.4) is 0 Å². The minimum absolute atomic E-state index is 0.0325. The van der Waals surface area contributed by atoms with E-state index in [-0.39, 0.29) is 29.2 Å². The number of hydrogen-bond acceptors (Lipinski definition) is 6. The Morgan fingerprint density at radius 2 is 1.70 bits per heavy atom. The zero-order valence-electron chi connectivity index (χ0n) is 18.1. The number of sulfonamides is 1. The molecule has 2 amide bonds. The molecule has 2 heterocycles. The molecular formula is C24H22N2O5S2. The fraction of sp³-hybridized carbons (Fsp3) is 0.292. The Morgan fingerprint density at radius 1 is 1.03 bits per heavy atom. The van der Waals surface area contributed by atoms with Crippen LogP contribution in [0.5, 0.6) is 0 Å². The number of imide groups is 1. The summed E-state index contributed by atoms with van der Waals surface area (Å²) in [6.45, 7) is 2.03. The number of amides is 2. The highest BCUT2D eigenvalue weighted by atomic mass is 32.2. The summed E-state index contributed by atoms with van der Waals surface area (Å²) in [6.07, 6.45) is 2.75. The van der Waals surface area contributed by atoms with Crippen LogP contribution in [0.15, 0.2) is 47.3 Å². The fourth-order valence-corrected chi connectivity index (χ4v) is 6.78. The average molecular weight is 483 g/mol. The maximum atomic E-state index is 13.4. The number of nitrogens with one attached hydrogen (secondary N) is 1. The van der Waals surface area contributed by atoms with Crippen molar-refractivity contribution < 1.29 is 18.0 Å². The first-order valence-electron chi connectivity index (χ1n) is 10.7. The lowest BCUT2D eigenvalue weighted by Crippen LogP contribution is -2.49. The highest BCUT2D eigenvalue weighted by molar-refractivity contribution is 7.92. The first kappa shape index (κ1) is 21.8. The second kappa shape index (κ2) is 7.78. The SMILES string of the molecule is CCC1Cc2sc3cc(NS(C)(=O)=O)ccc3c(=O)c2CC1N1C(=O)c2ccccc2C1=O. The Balaban J connectivity index is 1.57. The Kier molecular flexibility index (Phi) is 5.13. The molecule has 0 saturated heterocycles. The monoisotopic (exact) mass is 482 g/mol. The molecule has 1 aliphatic carbocycles. The van der Waals surface area contributed by atoms with Gasteiger partial charge in [-0.1, -0.05) is 25.5 Å². The van der Waals surface area contributed by atoms with Crippen molar-refractivity contribution in [3.8, 4) is 0 Å². The first-order chi connectivity index (χ1) is 15.7. The van der Waals surface area contributed by atoms with Gasteiger partial charge in [-0.25, -0.2) is 8.42 Å². The van der Waals surface area contributed by atoms with Crippen molar-refractivity contribution in [2.75, 3.05) is 11.0 Å². The summed E-state index contributed by atoms with van der Waals surface area (Å²) in [5.41, 5.74) is 1.76. The van der Waals surface area contributed by atoms with Crippen LogP contribution >= 0.6 is 11.3 Å². The number of fused-ring (bicyclic) bond motifs is 3. The molecule has 2 unspecified atom stereocenters. The summed E-state index contributed by atoms with van der Waals surface area (Å²) in [6, 6.07) is 11.3. The number of anilines is 1. The molecule has 170 valence electrons. The molecule has 9 heteroatoms. The van der Waals surface area contributed by atoms with Gasteiger partial charge in [0.15, 0.2) is 5.43 Å². The van der Waals surface area contributed by atoms with Crippen LogP contribution in [0.4, 0.5) is 5.69 Å². The van der Waals surface area contributed by atoms with E-state index in [4.69, 9.17) is 0 Å². The molecule has 1 N–H and O–H groups in total. The van der Waals surface area contributed by atoms with Crippen LogP contribution in [0.25, 0.3) is 10.1 Å². The summed E-state index contributed by atoms with van der Waals surface area (Å²) in [5.74, 6) is -0.558. The van der Waals surface area contributed by atoms with E-state index >= 15 is 0 Å². The minimum Gasteiger partial charge on any atom is -0.289 e. The highest BCUT2D eigenvalue weighted by Crippen LogP contribution is 2.37. The predicted octanol–water partition coefficient (Wildman–Crippen LogP) is 3.42. The van der Waals surface area contributed by atoms with Gasteiger partial charge in [-0.3, -0.25) is 24.0 Å². The predicted molar refractivity (Wildman–Crippen MR) is 128 cm³/mol. The highest BCUT2D eigenvalue weighted by Gasteiger charge is 2.44. The van der Waals surface area contributed by atoms with Gasteiger partial charge in [-0.2, -0.15) is 0 Å². The molecule has 33 heavy (non-hydrogen) atoms. The van der Waals surface area contributed by atoms with Crippen LogP contribution in [0.1, 0.15) is 44.5 Å². The molecule has 3 aromatic rings. The minimum atomic E-state index is -3.43. The van der Waals surface area contributed by atoms with E-state index in [0.29, 0.717) is 45.3 Å². The standard InChI is InChI=1S/C24H22N2O5S2/c1-3-13-10-20-18(12-19(13)26-23(28)15-6-4-5-7-16(15)24(26)29)22(27)17-9-8-14(11-21(17)32-20)25-33(2,30)31/h4-9,11,13,19,25H,3,10,12H2,1-2H3. The van der Waals surface area contributed by atoms with Gasteiger partial charge in [-0.05, 0) is 49.1 Å². The van der Waals surface area contributed by atoms with E-state index in [1.54, 1.807) is 42.5 Å². The zero-order valence-corrected chi connectivity index (χ0v) is 19.8. The number of benzene rings is 2. The van der Waals surface area contributed by atoms with Gasteiger partial charge >= 0.3 is 0 Å². The Hall–Kier alpha value is -3.04. The van der Waals surface area contributed by atoms with E-state index in [9.17, 15) is 22.8 Å². The number of hydrogen-bond donors (Lipinski definition) is 1. The summed E-state index contributed by atoms with van der Waals surface area (Å²) in [4.78, 5) is 41.9. The summed E-state index contributed by atoms with van der Waals surface area (Å²) >= 11 is 1.47. The lowest BCUT2D eigenvalue weighted by atomic mass is 9.81. The third kappa shape index (κ3) is 3.65. The third-order valence-electron chi connectivity index (χ3n) is 6.46. The maximum absolute atomic E-state index is 13.4. The molecule has 0 saturated carbocycles. The second-order valence-electron chi connectivity index (χ2n) is 8.59. The smallest absolute Gasteiger partial charge is 0.261 e. The molecule has 0 spiro atoms. The number of carbonyl (C=O) groups excluding carboxylic acids is 2. The van der Waals surface area contributed by atoms with E-state index in [1.165, 1.54) is 16.2 Å². The van der Waals surface area contributed by atoms with Gasteiger partial charge in [0.05, 0.1) is 17.4 Å². The van der Waals surface area contributed by atoms with Crippen LogP contribution in [-0.2, 0) is 22.9 Å². The summed E-state index contributed by atoms with van der Waals surface area (Å²) in [7, 11) is -3.43. The van der Waals surface area contributed by atoms with Crippen LogP contribution in [-0.4, -0.2) is 37.4 Å². The average Bonchev–Trinajstić information content (AvgIpc) is 3.02. The van der Waals surface area contributed by atoms with Crippen molar-refractivity contribution >= 4 is 48.9 Å². The molecule has 7 nitrogen and oxygen atoms in total. The number of nitrogens with zero attached hydrogens (tertiary/aromatic N) is 1. The molecule has 2 aromatic carbocycles. The zero-order chi connectivity index (χ0) is 23.5. The first-order valence-corrected chi connectivity index (χ1v) is 13.4.